The molecule has 0 spiro atoms. The lowest BCUT2D eigenvalue weighted by Crippen LogP contribution is -2.57. The highest BCUT2D eigenvalue weighted by Crippen LogP contribution is 2.28. The van der Waals surface area contributed by atoms with Crippen LogP contribution in [-0.4, -0.2) is 73.1 Å². The Morgan fingerprint density at radius 2 is 1.55 bits per heavy atom. The van der Waals surface area contributed by atoms with E-state index in [2.05, 4.69) is 0 Å². The average molecular weight is 463 g/mol. The summed E-state index contributed by atoms with van der Waals surface area (Å²) in [6.07, 6.45) is 3.74. The predicted molar refractivity (Wildman–Crippen MR) is 128 cm³/mol. The Balaban J connectivity index is 2.17. The van der Waals surface area contributed by atoms with Crippen LogP contribution in [0.5, 0.6) is 11.5 Å². The topological polar surface area (TPSA) is 77.5 Å². The summed E-state index contributed by atoms with van der Waals surface area (Å²) in [7, 11) is 3.19. The van der Waals surface area contributed by atoms with Crippen LogP contribution >= 0.6 is 0 Å². The molecule has 8 nitrogen and oxygen atoms in total. The van der Waals surface area contributed by atoms with Gasteiger partial charge in [-0.05, 0) is 65.7 Å². The molecule has 1 saturated heterocycles. The van der Waals surface area contributed by atoms with Crippen molar-refractivity contribution >= 4 is 18.3 Å². The standard InChI is InChI=1S/C25H38N2O6/c1-24(2,3)32-22(28)26-14-15-27(23(29)33-25(4,5)6)19(17-26)11-9-10-18-12-13-20(30-7)21(16-18)31-8/h9-10,12-13,16,19H,11,14-15,17H2,1-8H3/b10-9+. The van der Waals surface area contributed by atoms with Crippen molar-refractivity contribution in [2.45, 2.75) is 65.2 Å². The van der Waals surface area contributed by atoms with Gasteiger partial charge in [0.25, 0.3) is 0 Å². The van der Waals surface area contributed by atoms with Crippen molar-refractivity contribution in [2.75, 3.05) is 33.9 Å². The van der Waals surface area contributed by atoms with Crippen molar-refractivity contribution in [3.05, 3.63) is 29.8 Å². The van der Waals surface area contributed by atoms with Gasteiger partial charge in [0.05, 0.1) is 20.3 Å². The number of amides is 2. The molecule has 2 amide bonds. The molecule has 2 rings (SSSR count). The molecular formula is C25H38N2O6. The average Bonchev–Trinajstić information content (AvgIpc) is 2.71. The fourth-order valence-corrected chi connectivity index (χ4v) is 3.43. The maximum absolute atomic E-state index is 12.8. The minimum Gasteiger partial charge on any atom is -0.493 e. The van der Waals surface area contributed by atoms with Gasteiger partial charge in [0.2, 0.25) is 0 Å². The van der Waals surface area contributed by atoms with E-state index >= 15 is 0 Å². The SMILES string of the molecule is COc1ccc(/C=C/CC2CN(C(=O)OC(C)(C)C)CCN2C(=O)OC(C)(C)C)cc1OC. The number of rotatable bonds is 5. The lowest BCUT2D eigenvalue weighted by atomic mass is 10.1. The van der Waals surface area contributed by atoms with Crippen LogP contribution in [0.25, 0.3) is 6.08 Å². The number of ether oxygens (including phenoxy) is 4. The number of methoxy groups -OCH3 is 2. The van der Waals surface area contributed by atoms with E-state index in [1.807, 2.05) is 71.9 Å². The second-order valence-electron chi connectivity index (χ2n) is 10.0. The van der Waals surface area contributed by atoms with E-state index < -0.39 is 11.2 Å². The molecule has 0 aromatic heterocycles. The van der Waals surface area contributed by atoms with Gasteiger partial charge in [0.15, 0.2) is 11.5 Å². The molecule has 1 aromatic carbocycles. The first-order valence-electron chi connectivity index (χ1n) is 11.2. The molecule has 1 heterocycles. The maximum atomic E-state index is 12.8. The summed E-state index contributed by atoms with van der Waals surface area (Å²) in [6, 6.07) is 5.42. The summed E-state index contributed by atoms with van der Waals surface area (Å²) in [4.78, 5) is 28.8. The Bertz CT molecular complexity index is 853. The Morgan fingerprint density at radius 1 is 0.939 bits per heavy atom. The first-order valence-corrected chi connectivity index (χ1v) is 11.2. The summed E-state index contributed by atoms with van der Waals surface area (Å²) in [6.45, 7) is 12.2. The third kappa shape index (κ3) is 8.18. The van der Waals surface area contributed by atoms with Gasteiger partial charge in [-0.25, -0.2) is 9.59 Å². The molecule has 0 saturated carbocycles. The molecule has 1 unspecified atom stereocenters. The second kappa shape index (κ2) is 10.8. The van der Waals surface area contributed by atoms with E-state index in [1.54, 1.807) is 24.0 Å². The van der Waals surface area contributed by atoms with E-state index in [9.17, 15) is 9.59 Å². The van der Waals surface area contributed by atoms with E-state index in [4.69, 9.17) is 18.9 Å². The number of carbonyl (C=O) groups is 2. The van der Waals surface area contributed by atoms with Gasteiger partial charge in [0, 0.05) is 19.6 Å². The predicted octanol–water partition coefficient (Wildman–Crippen LogP) is 4.96. The van der Waals surface area contributed by atoms with Gasteiger partial charge in [-0.3, -0.25) is 0 Å². The Hall–Kier alpha value is -2.90. The number of hydrogen-bond donors (Lipinski definition) is 0. The first kappa shape index (κ1) is 26.4. The number of hydrogen-bond acceptors (Lipinski definition) is 6. The highest BCUT2D eigenvalue weighted by molar-refractivity contribution is 5.71. The minimum atomic E-state index is -0.598. The van der Waals surface area contributed by atoms with Crippen molar-refractivity contribution < 1.29 is 28.5 Å². The van der Waals surface area contributed by atoms with Gasteiger partial charge < -0.3 is 28.7 Å². The van der Waals surface area contributed by atoms with Crippen molar-refractivity contribution in [1.82, 2.24) is 9.80 Å². The molecule has 0 radical (unpaired) electrons. The van der Waals surface area contributed by atoms with E-state index in [1.165, 1.54) is 0 Å². The number of benzene rings is 1. The van der Waals surface area contributed by atoms with Crippen LogP contribution in [0.3, 0.4) is 0 Å². The zero-order valence-corrected chi connectivity index (χ0v) is 21.1. The van der Waals surface area contributed by atoms with Crippen LogP contribution in [0.4, 0.5) is 9.59 Å². The van der Waals surface area contributed by atoms with Crippen molar-refractivity contribution in [1.29, 1.82) is 0 Å². The maximum Gasteiger partial charge on any atom is 0.410 e. The van der Waals surface area contributed by atoms with Gasteiger partial charge in [-0.1, -0.05) is 18.2 Å². The molecule has 1 atom stereocenters. The van der Waals surface area contributed by atoms with Gasteiger partial charge in [0.1, 0.15) is 11.2 Å². The van der Waals surface area contributed by atoms with Crippen LogP contribution in [0.15, 0.2) is 24.3 Å². The molecule has 1 aliphatic heterocycles. The molecular weight excluding hydrogens is 424 g/mol. The number of carbonyl (C=O) groups excluding carboxylic acids is 2. The normalized spacial score (nSPS) is 17.2. The number of piperazine rings is 1. The fraction of sp³-hybridized carbons (Fsp3) is 0.600. The van der Waals surface area contributed by atoms with Gasteiger partial charge in [-0.2, -0.15) is 0 Å². The monoisotopic (exact) mass is 462 g/mol. The van der Waals surface area contributed by atoms with Crippen molar-refractivity contribution in [3.63, 3.8) is 0 Å². The number of nitrogens with zero attached hydrogens (tertiary/aromatic N) is 2. The van der Waals surface area contributed by atoms with Gasteiger partial charge in [-0.15, -0.1) is 0 Å². The molecule has 1 aromatic rings. The highest BCUT2D eigenvalue weighted by atomic mass is 16.6. The quantitative estimate of drug-likeness (QED) is 0.615. The van der Waals surface area contributed by atoms with Crippen LogP contribution in [0.1, 0.15) is 53.5 Å². The first-order chi connectivity index (χ1) is 15.3. The Morgan fingerprint density at radius 3 is 2.12 bits per heavy atom. The summed E-state index contributed by atoms with van der Waals surface area (Å²) in [5.74, 6) is 1.30. The molecule has 1 fully saturated rings. The van der Waals surface area contributed by atoms with Crippen molar-refractivity contribution in [3.8, 4) is 11.5 Å². The summed E-state index contributed by atoms with van der Waals surface area (Å²) < 4.78 is 21.8. The van der Waals surface area contributed by atoms with E-state index in [0.29, 0.717) is 37.6 Å². The molecule has 184 valence electrons. The minimum absolute atomic E-state index is 0.238. The summed E-state index contributed by atoms with van der Waals surface area (Å²) in [5.41, 5.74) is -0.238. The lowest BCUT2D eigenvalue weighted by molar-refractivity contribution is -0.0142. The van der Waals surface area contributed by atoms with Crippen molar-refractivity contribution in [2.24, 2.45) is 0 Å². The molecule has 1 aliphatic rings. The lowest BCUT2D eigenvalue weighted by Gasteiger charge is -2.41. The van der Waals surface area contributed by atoms with Crippen LogP contribution < -0.4 is 9.47 Å². The van der Waals surface area contributed by atoms with Crippen LogP contribution in [0.2, 0.25) is 0 Å². The molecule has 0 N–H and O–H groups in total. The molecule has 8 heteroatoms. The summed E-state index contributed by atoms with van der Waals surface area (Å²) >= 11 is 0. The fourth-order valence-electron chi connectivity index (χ4n) is 3.43. The second-order valence-corrected chi connectivity index (χ2v) is 10.0. The molecule has 0 aliphatic carbocycles. The molecule has 0 bridgehead atoms. The zero-order chi connectivity index (χ0) is 24.8. The largest absolute Gasteiger partial charge is 0.493 e. The Labute approximate surface area is 197 Å². The third-order valence-corrected chi connectivity index (χ3v) is 4.89. The summed E-state index contributed by atoms with van der Waals surface area (Å²) in [5, 5.41) is 0. The smallest absolute Gasteiger partial charge is 0.410 e. The Kier molecular flexibility index (Phi) is 8.63. The van der Waals surface area contributed by atoms with Crippen LogP contribution in [-0.2, 0) is 9.47 Å². The zero-order valence-electron chi connectivity index (χ0n) is 21.1. The van der Waals surface area contributed by atoms with E-state index in [0.717, 1.165) is 5.56 Å². The highest BCUT2D eigenvalue weighted by Gasteiger charge is 2.35. The van der Waals surface area contributed by atoms with Crippen LogP contribution in [0, 0.1) is 0 Å². The van der Waals surface area contributed by atoms with Gasteiger partial charge >= 0.3 is 12.2 Å². The molecule has 33 heavy (non-hydrogen) atoms. The van der Waals surface area contributed by atoms with E-state index in [-0.39, 0.29) is 18.2 Å². The third-order valence-electron chi connectivity index (χ3n) is 4.89.